The lowest BCUT2D eigenvalue weighted by atomic mass is 9.96. The van der Waals surface area contributed by atoms with Gasteiger partial charge in [0.25, 0.3) is 0 Å². The second kappa shape index (κ2) is 11.4. The molecule has 3 aliphatic rings. The molecular weight excluding hydrogens is 558 g/mol. The fraction of sp³-hybridized carbons (Fsp3) is 0.690. The average Bonchev–Trinajstić information content (AvgIpc) is 3.22. The molecule has 12 heteroatoms. The first-order valence-electron chi connectivity index (χ1n) is 14.3. The Bertz CT molecular complexity index is 1250. The van der Waals surface area contributed by atoms with E-state index in [1.54, 1.807) is 16.7 Å². The standard InChI is InChI=1S/C29H39F4N5O2S/c1-27(2,3)40-26(39)38-12-8-19(9-13-38)24-34-35-25(36(24)4)41-15-5-11-37-14-10-28(18-37)17-22(28)21-7-6-20(16-23(21)30)29(31,32)33/h6-7,16,19,22H,5,8-15,17-18H2,1-4H3/t22-,28?/m1/s1. The molecule has 0 bridgehead atoms. The Balaban J connectivity index is 1.05. The van der Waals surface area contributed by atoms with E-state index in [2.05, 4.69) is 19.7 Å². The number of halogens is 4. The second-order valence-electron chi connectivity index (χ2n) is 12.7. The molecule has 41 heavy (non-hydrogen) atoms. The van der Waals surface area contributed by atoms with Crippen molar-refractivity contribution < 1.29 is 27.1 Å². The summed E-state index contributed by atoms with van der Waals surface area (Å²) in [6.07, 6.45) is -0.400. The smallest absolute Gasteiger partial charge is 0.416 e. The number of hydrogen-bond donors (Lipinski definition) is 0. The van der Waals surface area contributed by atoms with Gasteiger partial charge in [-0.2, -0.15) is 13.2 Å². The molecule has 226 valence electrons. The Labute approximate surface area is 243 Å². The van der Waals surface area contributed by atoms with E-state index in [4.69, 9.17) is 4.74 Å². The van der Waals surface area contributed by atoms with Gasteiger partial charge in [0.05, 0.1) is 5.56 Å². The predicted molar refractivity (Wildman–Crippen MR) is 148 cm³/mol. The summed E-state index contributed by atoms with van der Waals surface area (Å²) < 4.78 is 60.8. The molecule has 7 nitrogen and oxygen atoms in total. The van der Waals surface area contributed by atoms with Crippen molar-refractivity contribution in [2.45, 2.75) is 81.6 Å². The third-order valence-electron chi connectivity index (χ3n) is 8.59. The third-order valence-corrected chi connectivity index (χ3v) is 9.69. The number of hydrogen-bond acceptors (Lipinski definition) is 6. The molecule has 1 aliphatic carbocycles. The van der Waals surface area contributed by atoms with Gasteiger partial charge in [0, 0.05) is 38.4 Å². The van der Waals surface area contributed by atoms with Crippen molar-refractivity contribution in [3.63, 3.8) is 0 Å². The first-order chi connectivity index (χ1) is 19.3. The van der Waals surface area contributed by atoms with Crippen LogP contribution in [0.4, 0.5) is 22.4 Å². The van der Waals surface area contributed by atoms with Gasteiger partial charge in [-0.3, -0.25) is 0 Å². The highest BCUT2D eigenvalue weighted by molar-refractivity contribution is 7.99. The first-order valence-corrected chi connectivity index (χ1v) is 15.3. The number of carbonyl (C=O) groups excluding carboxylic acids is 1. The molecule has 5 rings (SSSR count). The van der Waals surface area contributed by atoms with E-state index in [-0.39, 0.29) is 23.3 Å². The van der Waals surface area contributed by atoms with Crippen LogP contribution in [0.1, 0.15) is 81.7 Å². The molecule has 3 heterocycles. The van der Waals surface area contributed by atoms with Crippen LogP contribution >= 0.6 is 11.8 Å². The largest absolute Gasteiger partial charge is 0.444 e. The summed E-state index contributed by atoms with van der Waals surface area (Å²) in [7, 11) is 2.00. The minimum absolute atomic E-state index is 0.00257. The number of piperidine rings is 1. The molecule has 0 N–H and O–H groups in total. The van der Waals surface area contributed by atoms with Crippen molar-refractivity contribution in [2.24, 2.45) is 12.5 Å². The highest BCUT2D eigenvalue weighted by Crippen LogP contribution is 2.64. The highest BCUT2D eigenvalue weighted by Gasteiger charge is 2.58. The van der Waals surface area contributed by atoms with Crippen LogP contribution in [0.3, 0.4) is 0 Å². The maximum atomic E-state index is 14.5. The van der Waals surface area contributed by atoms with Crippen LogP contribution in [0.2, 0.25) is 0 Å². The molecule has 0 radical (unpaired) electrons. The van der Waals surface area contributed by atoms with Crippen molar-refractivity contribution in [1.29, 1.82) is 0 Å². The van der Waals surface area contributed by atoms with E-state index in [1.807, 2.05) is 27.8 Å². The minimum Gasteiger partial charge on any atom is -0.444 e. The lowest BCUT2D eigenvalue weighted by Crippen LogP contribution is -2.41. The zero-order chi connectivity index (χ0) is 29.6. The van der Waals surface area contributed by atoms with Crippen LogP contribution in [-0.2, 0) is 18.0 Å². The quantitative estimate of drug-likeness (QED) is 0.208. The number of alkyl halides is 3. The van der Waals surface area contributed by atoms with Gasteiger partial charge in [-0.1, -0.05) is 17.8 Å². The van der Waals surface area contributed by atoms with Crippen LogP contribution in [0.25, 0.3) is 0 Å². The Morgan fingerprint density at radius 1 is 1.15 bits per heavy atom. The lowest BCUT2D eigenvalue weighted by molar-refractivity contribution is -0.137. The molecule has 2 saturated heterocycles. The predicted octanol–water partition coefficient (Wildman–Crippen LogP) is 6.45. The van der Waals surface area contributed by atoms with E-state index in [0.29, 0.717) is 24.7 Å². The Kier molecular flexibility index (Phi) is 8.37. The van der Waals surface area contributed by atoms with Crippen molar-refractivity contribution in [1.82, 2.24) is 24.6 Å². The number of ether oxygens (including phenoxy) is 1. The van der Waals surface area contributed by atoms with E-state index in [1.165, 1.54) is 6.07 Å². The Hall–Kier alpha value is -2.34. The number of carbonyl (C=O) groups is 1. The molecule has 1 aromatic carbocycles. The molecule has 1 saturated carbocycles. The summed E-state index contributed by atoms with van der Waals surface area (Å²) in [5, 5.41) is 9.77. The van der Waals surface area contributed by atoms with Gasteiger partial charge >= 0.3 is 12.3 Å². The fourth-order valence-corrected chi connectivity index (χ4v) is 7.15. The molecule has 1 spiro atoms. The van der Waals surface area contributed by atoms with Crippen LogP contribution in [0.15, 0.2) is 23.4 Å². The van der Waals surface area contributed by atoms with E-state index >= 15 is 0 Å². The van der Waals surface area contributed by atoms with Gasteiger partial charge in [0.15, 0.2) is 5.16 Å². The SMILES string of the molecule is Cn1c(SCCCN2CCC3(C[C@@H]3c3ccc(C(F)(F)F)cc3F)C2)nnc1C1CCN(C(=O)OC(C)(C)C)CC1. The van der Waals surface area contributed by atoms with Gasteiger partial charge in [-0.25, -0.2) is 9.18 Å². The first kappa shape index (κ1) is 30.1. The molecule has 2 aliphatic heterocycles. The third kappa shape index (κ3) is 6.84. The fourth-order valence-electron chi connectivity index (χ4n) is 6.31. The molecule has 1 unspecified atom stereocenters. The van der Waals surface area contributed by atoms with Crippen molar-refractivity contribution >= 4 is 17.9 Å². The second-order valence-corrected chi connectivity index (χ2v) is 13.8. The zero-order valence-corrected chi connectivity index (χ0v) is 25.0. The maximum Gasteiger partial charge on any atom is 0.416 e. The Morgan fingerprint density at radius 3 is 2.54 bits per heavy atom. The van der Waals surface area contributed by atoms with E-state index in [0.717, 1.165) is 74.5 Å². The number of likely N-dealkylation sites (tertiary alicyclic amines) is 2. The molecule has 2 atom stereocenters. The lowest BCUT2D eigenvalue weighted by Gasteiger charge is -2.33. The monoisotopic (exact) mass is 597 g/mol. The van der Waals surface area contributed by atoms with Gasteiger partial charge < -0.3 is 19.1 Å². The normalized spacial score (nSPS) is 23.9. The molecule has 3 fully saturated rings. The van der Waals surface area contributed by atoms with Gasteiger partial charge in [0.1, 0.15) is 17.2 Å². The Morgan fingerprint density at radius 2 is 1.88 bits per heavy atom. The van der Waals surface area contributed by atoms with Crippen molar-refractivity contribution in [2.75, 3.05) is 38.5 Å². The van der Waals surface area contributed by atoms with Crippen LogP contribution < -0.4 is 0 Å². The van der Waals surface area contributed by atoms with Crippen molar-refractivity contribution in [3.05, 3.63) is 41.0 Å². The summed E-state index contributed by atoms with van der Waals surface area (Å²) in [5.74, 6) is 1.35. The number of rotatable bonds is 7. The molecule has 1 aromatic heterocycles. The highest BCUT2D eigenvalue weighted by atomic mass is 32.2. The number of nitrogens with zero attached hydrogens (tertiary/aromatic N) is 5. The van der Waals surface area contributed by atoms with Crippen LogP contribution in [0.5, 0.6) is 0 Å². The van der Waals surface area contributed by atoms with Crippen LogP contribution in [0, 0.1) is 11.2 Å². The van der Waals surface area contributed by atoms with E-state index < -0.39 is 23.2 Å². The van der Waals surface area contributed by atoms with Gasteiger partial charge in [-0.05, 0) is 95.0 Å². The van der Waals surface area contributed by atoms with Gasteiger partial charge in [0.2, 0.25) is 0 Å². The number of amides is 1. The molecule has 1 amide bonds. The summed E-state index contributed by atoms with van der Waals surface area (Å²) in [5.41, 5.74) is -1.03. The molecular formula is C29H39F4N5O2S. The van der Waals surface area contributed by atoms with Crippen LogP contribution in [-0.4, -0.2) is 74.7 Å². The average molecular weight is 598 g/mol. The number of benzene rings is 1. The summed E-state index contributed by atoms with van der Waals surface area (Å²) in [6, 6.07) is 2.96. The minimum atomic E-state index is -4.53. The van der Waals surface area contributed by atoms with E-state index in [9.17, 15) is 22.4 Å². The zero-order valence-electron chi connectivity index (χ0n) is 24.1. The maximum absolute atomic E-state index is 14.5. The summed E-state index contributed by atoms with van der Waals surface area (Å²) in [4.78, 5) is 16.5. The number of thioether (sulfide) groups is 1. The van der Waals surface area contributed by atoms with Crippen molar-refractivity contribution in [3.8, 4) is 0 Å². The number of aromatic nitrogens is 3. The van der Waals surface area contributed by atoms with Gasteiger partial charge in [-0.15, -0.1) is 10.2 Å². The molecule has 2 aromatic rings. The topological polar surface area (TPSA) is 63.5 Å². The summed E-state index contributed by atoms with van der Waals surface area (Å²) >= 11 is 1.68. The summed E-state index contributed by atoms with van der Waals surface area (Å²) in [6.45, 7) is 9.60.